The van der Waals surface area contributed by atoms with Gasteiger partial charge in [-0.25, -0.2) is 0 Å². The van der Waals surface area contributed by atoms with Crippen LogP contribution in [-0.4, -0.2) is 11.6 Å². The standard InChI is InChI=1S/C19H26N2O3/c20-5-4-19(16-3-1-2-13(7-16)12-24-21(22)23)17-8-14-6-15(10-17)11-18(19)9-14/h1-3,7,14-15,17-18H,4-6,8-12,20H2. The first-order chi connectivity index (χ1) is 11.6. The van der Waals surface area contributed by atoms with E-state index >= 15 is 0 Å². The van der Waals surface area contributed by atoms with Crippen molar-refractivity contribution in [3.63, 3.8) is 0 Å². The summed E-state index contributed by atoms with van der Waals surface area (Å²) >= 11 is 0. The maximum atomic E-state index is 10.5. The van der Waals surface area contributed by atoms with E-state index in [4.69, 9.17) is 5.73 Å². The summed E-state index contributed by atoms with van der Waals surface area (Å²) in [6.07, 6.45) is 7.81. The number of benzene rings is 1. The molecule has 4 saturated carbocycles. The molecule has 130 valence electrons. The van der Waals surface area contributed by atoms with Crippen LogP contribution < -0.4 is 5.73 Å². The number of nitrogens with two attached hydrogens (primary N) is 1. The van der Waals surface area contributed by atoms with E-state index < -0.39 is 5.09 Å². The van der Waals surface area contributed by atoms with Gasteiger partial charge in [0.1, 0.15) is 6.61 Å². The summed E-state index contributed by atoms with van der Waals surface area (Å²) in [6.45, 7) is 0.734. The normalized spacial score (nSPS) is 36.7. The molecule has 0 radical (unpaired) electrons. The zero-order valence-electron chi connectivity index (χ0n) is 14.0. The van der Waals surface area contributed by atoms with Gasteiger partial charge in [-0.3, -0.25) is 0 Å². The molecule has 24 heavy (non-hydrogen) atoms. The van der Waals surface area contributed by atoms with Gasteiger partial charge in [-0.1, -0.05) is 24.3 Å². The molecule has 4 fully saturated rings. The van der Waals surface area contributed by atoms with Crippen LogP contribution in [0.2, 0.25) is 0 Å². The number of hydrogen-bond acceptors (Lipinski definition) is 4. The van der Waals surface area contributed by atoms with E-state index in [0.29, 0.717) is 6.54 Å². The van der Waals surface area contributed by atoms with Gasteiger partial charge >= 0.3 is 0 Å². The Morgan fingerprint density at radius 3 is 2.42 bits per heavy atom. The average molecular weight is 330 g/mol. The second-order valence-electron chi connectivity index (χ2n) is 8.08. The molecule has 0 atom stereocenters. The minimum absolute atomic E-state index is 0.0279. The molecular formula is C19H26N2O3. The lowest BCUT2D eigenvalue weighted by Crippen LogP contribution is -2.56. The molecule has 0 saturated heterocycles. The molecule has 4 bridgehead atoms. The number of rotatable bonds is 6. The molecule has 5 rings (SSSR count). The van der Waals surface area contributed by atoms with E-state index in [1.54, 1.807) is 0 Å². The number of nitrogens with zero attached hydrogens (tertiary/aromatic N) is 1. The Morgan fingerprint density at radius 2 is 1.83 bits per heavy atom. The maximum absolute atomic E-state index is 10.5. The van der Waals surface area contributed by atoms with Crippen molar-refractivity contribution in [2.45, 2.75) is 50.5 Å². The molecule has 4 aliphatic carbocycles. The van der Waals surface area contributed by atoms with Gasteiger partial charge in [0, 0.05) is 5.41 Å². The monoisotopic (exact) mass is 330 g/mol. The summed E-state index contributed by atoms with van der Waals surface area (Å²) in [5.74, 6) is 3.28. The van der Waals surface area contributed by atoms with Gasteiger partial charge in [-0.2, -0.15) is 0 Å². The first kappa shape index (κ1) is 15.9. The Bertz CT molecular complexity index is 603. The first-order valence-electron chi connectivity index (χ1n) is 9.18. The zero-order valence-corrected chi connectivity index (χ0v) is 14.0. The van der Waals surface area contributed by atoms with Crippen molar-refractivity contribution < 1.29 is 9.92 Å². The van der Waals surface area contributed by atoms with Crippen LogP contribution in [0, 0.1) is 33.8 Å². The van der Waals surface area contributed by atoms with Crippen molar-refractivity contribution in [1.82, 2.24) is 0 Å². The summed E-state index contributed by atoms with van der Waals surface area (Å²) in [4.78, 5) is 15.1. The molecule has 0 heterocycles. The minimum Gasteiger partial charge on any atom is -0.330 e. The third-order valence-electron chi connectivity index (χ3n) is 6.95. The Hall–Kier alpha value is -1.62. The quantitative estimate of drug-likeness (QED) is 0.640. The molecule has 2 N–H and O–H groups in total. The van der Waals surface area contributed by atoms with Gasteiger partial charge in [0.15, 0.2) is 0 Å². The summed E-state index contributed by atoms with van der Waals surface area (Å²) in [5, 5.41) is 9.78. The zero-order chi connectivity index (χ0) is 16.7. The highest BCUT2D eigenvalue weighted by atomic mass is 16.9. The fourth-order valence-electron chi connectivity index (χ4n) is 6.37. The summed E-state index contributed by atoms with van der Waals surface area (Å²) in [5.41, 5.74) is 8.45. The van der Waals surface area contributed by atoms with Crippen LogP contribution in [0.3, 0.4) is 0 Å². The molecule has 0 spiro atoms. The van der Waals surface area contributed by atoms with E-state index in [-0.39, 0.29) is 12.0 Å². The molecule has 0 unspecified atom stereocenters. The first-order valence-corrected chi connectivity index (χ1v) is 9.18. The SMILES string of the molecule is NCCC1(c2cccc(CO[N+](=O)[O-])c2)C2CC3CC(C2)CC1C3. The lowest BCUT2D eigenvalue weighted by Gasteiger charge is -2.62. The molecule has 0 aromatic heterocycles. The summed E-state index contributed by atoms with van der Waals surface area (Å²) < 4.78 is 0. The van der Waals surface area contributed by atoms with Crippen molar-refractivity contribution in [2.75, 3.05) is 6.54 Å². The predicted molar refractivity (Wildman–Crippen MR) is 90.6 cm³/mol. The van der Waals surface area contributed by atoms with Crippen molar-refractivity contribution in [3.05, 3.63) is 45.5 Å². The second kappa shape index (κ2) is 6.03. The van der Waals surface area contributed by atoms with E-state index in [0.717, 1.165) is 35.7 Å². The fourth-order valence-corrected chi connectivity index (χ4v) is 6.37. The van der Waals surface area contributed by atoms with Crippen LogP contribution in [0.4, 0.5) is 0 Å². The van der Waals surface area contributed by atoms with E-state index in [1.807, 2.05) is 12.1 Å². The van der Waals surface area contributed by atoms with Crippen molar-refractivity contribution in [3.8, 4) is 0 Å². The molecular weight excluding hydrogens is 304 g/mol. The van der Waals surface area contributed by atoms with E-state index in [9.17, 15) is 10.1 Å². The highest BCUT2D eigenvalue weighted by molar-refractivity contribution is 5.34. The maximum Gasteiger partial charge on any atom is 0.294 e. The predicted octanol–water partition coefficient (Wildman–Crippen LogP) is 3.44. The van der Waals surface area contributed by atoms with Crippen LogP contribution in [0.5, 0.6) is 0 Å². The number of hydrogen-bond donors (Lipinski definition) is 1. The lowest BCUT2D eigenvalue weighted by molar-refractivity contribution is -0.763. The highest BCUT2D eigenvalue weighted by Gasteiger charge is 2.57. The van der Waals surface area contributed by atoms with Gasteiger partial charge < -0.3 is 10.6 Å². The largest absolute Gasteiger partial charge is 0.330 e. The van der Waals surface area contributed by atoms with Crippen molar-refractivity contribution >= 4 is 0 Å². The van der Waals surface area contributed by atoms with Gasteiger partial charge in [-0.05, 0) is 79.9 Å². The Kier molecular flexibility index (Phi) is 3.99. The molecule has 5 nitrogen and oxygen atoms in total. The molecule has 1 aromatic carbocycles. The minimum atomic E-state index is -0.717. The van der Waals surface area contributed by atoms with Gasteiger partial charge in [-0.15, -0.1) is 10.1 Å². The Morgan fingerprint density at radius 1 is 1.17 bits per heavy atom. The van der Waals surface area contributed by atoms with Crippen molar-refractivity contribution in [1.29, 1.82) is 0 Å². The van der Waals surface area contributed by atoms with Crippen LogP contribution in [0.15, 0.2) is 24.3 Å². The van der Waals surface area contributed by atoms with E-state index in [2.05, 4.69) is 17.0 Å². The molecule has 5 heteroatoms. The highest BCUT2D eigenvalue weighted by Crippen LogP contribution is 2.64. The third kappa shape index (κ3) is 2.50. The fraction of sp³-hybridized carbons (Fsp3) is 0.684. The van der Waals surface area contributed by atoms with E-state index in [1.165, 1.54) is 37.7 Å². The average Bonchev–Trinajstić information content (AvgIpc) is 2.56. The third-order valence-corrected chi connectivity index (χ3v) is 6.95. The molecule has 4 aliphatic rings. The Labute approximate surface area is 142 Å². The topological polar surface area (TPSA) is 78.4 Å². The van der Waals surface area contributed by atoms with Crippen LogP contribution in [-0.2, 0) is 16.9 Å². The Balaban J connectivity index is 1.68. The smallest absolute Gasteiger partial charge is 0.294 e. The summed E-state index contributed by atoms with van der Waals surface area (Å²) in [7, 11) is 0. The van der Waals surface area contributed by atoms with Crippen LogP contribution >= 0.6 is 0 Å². The van der Waals surface area contributed by atoms with Gasteiger partial charge in [0.25, 0.3) is 5.09 Å². The van der Waals surface area contributed by atoms with Crippen molar-refractivity contribution in [2.24, 2.45) is 29.4 Å². The van der Waals surface area contributed by atoms with Crippen LogP contribution in [0.1, 0.15) is 49.7 Å². The summed E-state index contributed by atoms with van der Waals surface area (Å²) in [6, 6.07) is 8.30. The molecule has 1 aromatic rings. The molecule has 0 aliphatic heterocycles. The van der Waals surface area contributed by atoms with Crippen LogP contribution in [0.25, 0.3) is 0 Å². The van der Waals surface area contributed by atoms with Gasteiger partial charge in [0.2, 0.25) is 0 Å². The molecule has 0 amide bonds. The second-order valence-corrected chi connectivity index (χ2v) is 8.08. The lowest BCUT2D eigenvalue weighted by atomic mass is 9.43. The van der Waals surface area contributed by atoms with Gasteiger partial charge in [0.05, 0.1) is 0 Å².